The van der Waals surface area contributed by atoms with Gasteiger partial charge in [0.1, 0.15) is 5.82 Å². The highest BCUT2D eigenvalue weighted by Crippen LogP contribution is 2.28. The molecule has 0 spiro atoms. The van der Waals surface area contributed by atoms with E-state index in [1.54, 1.807) is 22.8 Å². The molecule has 0 aliphatic carbocycles. The maximum absolute atomic E-state index is 13.5. The first-order valence-electron chi connectivity index (χ1n) is 10.6. The van der Waals surface area contributed by atoms with E-state index in [1.165, 1.54) is 0 Å². The minimum Gasteiger partial charge on any atom is -0.328 e. The Labute approximate surface area is 182 Å². The molecule has 3 aromatic rings. The van der Waals surface area contributed by atoms with Crippen molar-refractivity contribution in [3.05, 3.63) is 75.3 Å². The molecule has 6 heteroatoms. The van der Waals surface area contributed by atoms with Crippen LogP contribution < -0.4 is 5.56 Å². The van der Waals surface area contributed by atoms with Crippen molar-refractivity contribution in [2.45, 2.75) is 52.6 Å². The Morgan fingerprint density at radius 1 is 1.07 bits per heavy atom. The minimum atomic E-state index is -0.322. The number of para-hydroxylation sites is 1. The molecule has 0 bridgehead atoms. The highest BCUT2D eigenvalue weighted by atomic mass is 35.5. The maximum Gasteiger partial charge on any atom is 0.261 e. The van der Waals surface area contributed by atoms with Gasteiger partial charge in [-0.05, 0) is 43.5 Å². The Kier molecular flexibility index (Phi) is 7.27. The predicted molar refractivity (Wildman–Crippen MR) is 122 cm³/mol. The number of rotatable bonds is 8. The summed E-state index contributed by atoms with van der Waals surface area (Å²) < 4.78 is 1.74. The summed E-state index contributed by atoms with van der Waals surface area (Å²) in [6, 6.07) is 14.1. The van der Waals surface area contributed by atoms with Crippen LogP contribution in [0.25, 0.3) is 10.9 Å². The number of carbonyl (C=O) groups is 1. The SMILES string of the molecule is CCCN(C(=O)c1ccccc1Cl)C(CC)c1nc2ccccc2c(=O)n1CCC. The smallest absolute Gasteiger partial charge is 0.261 e. The number of hydrogen-bond acceptors (Lipinski definition) is 3. The number of nitrogens with zero attached hydrogens (tertiary/aromatic N) is 3. The highest BCUT2D eigenvalue weighted by Gasteiger charge is 2.29. The molecule has 0 fully saturated rings. The third-order valence-electron chi connectivity index (χ3n) is 5.23. The van der Waals surface area contributed by atoms with E-state index in [-0.39, 0.29) is 17.5 Å². The Morgan fingerprint density at radius 3 is 2.43 bits per heavy atom. The van der Waals surface area contributed by atoms with E-state index in [9.17, 15) is 9.59 Å². The second-order valence-corrected chi connectivity index (χ2v) is 7.75. The second kappa shape index (κ2) is 9.90. The molecule has 0 radical (unpaired) electrons. The zero-order chi connectivity index (χ0) is 21.7. The standard InChI is InChI=1S/C24H28ClN3O2/c1-4-15-27(23(29)17-11-7-9-13-19(17)25)21(6-3)22-26-20-14-10-8-12-18(20)24(30)28(22)16-5-2/h7-14,21H,4-6,15-16H2,1-3H3. The molecule has 0 aliphatic rings. The van der Waals surface area contributed by atoms with E-state index in [1.807, 2.05) is 56.0 Å². The van der Waals surface area contributed by atoms with Crippen molar-refractivity contribution in [2.24, 2.45) is 0 Å². The lowest BCUT2D eigenvalue weighted by atomic mass is 10.1. The Hall–Kier alpha value is -2.66. The molecule has 5 nitrogen and oxygen atoms in total. The van der Waals surface area contributed by atoms with Gasteiger partial charge in [0.05, 0.1) is 27.5 Å². The van der Waals surface area contributed by atoms with Crippen LogP contribution in [0.3, 0.4) is 0 Å². The Bertz CT molecular complexity index is 1090. The first-order valence-corrected chi connectivity index (χ1v) is 11.0. The summed E-state index contributed by atoms with van der Waals surface area (Å²) in [5.74, 6) is 0.497. The summed E-state index contributed by atoms with van der Waals surface area (Å²) in [6.45, 7) is 7.20. The molecular weight excluding hydrogens is 398 g/mol. The fraction of sp³-hybridized carbons (Fsp3) is 0.375. The van der Waals surface area contributed by atoms with Gasteiger partial charge in [0, 0.05) is 13.1 Å². The fourth-order valence-electron chi connectivity index (χ4n) is 3.85. The number of amides is 1. The molecule has 0 N–H and O–H groups in total. The van der Waals surface area contributed by atoms with Gasteiger partial charge in [0.15, 0.2) is 0 Å². The monoisotopic (exact) mass is 425 g/mol. The van der Waals surface area contributed by atoms with Gasteiger partial charge < -0.3 is 4.90 Å². The summed E-state index contributed by atoms with van der Waals surface area (Å²) in [5, 5.41) is 1.03. The average molecular weight is 426 g/mol. The molecule has 0 aliphatic heterocycles. The number of carbonyl (C=O) groups excluding carboxylic acids is 1. The first-order chi connectivity index (χ1) is 14.5. The van der Waals surface area contributed by atoms with E-state index < -0.39 is 0 Å². The van der Waals surface area contributed by atoms with Gasteiger partial charge >= 0.3 is 0 Å². The lowest BCUT2D eigenvalue weighted by Gasteiger charge is -2.32. The van der Waals surface area contributed by atoms with Gasteiger partial charge in [-0.25, -0.2) is 4.98 Å². The summed E-state index contributed by atoms with van der Waals surface area (Å²) in [7, 11) is 0. The molecule has 0 saturated carbocycles. The lowest BCUT2D eigenvalue weighted by molar-refractivity contribution is 0.0656. The van der Waals surface area contributed by atoms with Crippen LogP contribution in [-0.4, -0.2) is 26.9 Å². The van der Waals surface area contributed by atoms with Gasteiger partial charge in [0.25, 0.3) is 11.5 Å². The Balaban J connectivity index is 2.18. The molecular formula is C24H28ClN3O2. The van der Waals surface area contributed by atoms with Crippen molar-refractivity contribution in [3.63, 3.8) is 0 Å². The lowest BCUT2D eigenvalue weighted by Crippen LogP contribution is -2.39. The van der Waals surface area contributed by atoms with Crippen LogP contribution in [0.2, 0.25) is 5.02 Å². The molecule has 158 valence electrons. The molecule has 2 aromatic carbocycles. The zero-order valence-electron chi connectivity index (χ0n) is 17.8. The number of hydrogen-bond donors (Lipinski definition) is 0. The maximum atomic E-state index is 13.5. The molecule has 3 rings (SSSR count). The first kappa shape index (κ1) is 22.0. The fourth-order valence-corrected chi connectivity index (χ4v) is 4.07. The Morgan fingerprint density at radius 2 is 1.77 bits per heavy atom. The van der Waals surface area contributed by atoms with Crippen LogP contribution in [0.15, 0.2) is 53.3 Å². The molecule has 1 aromatic heterocycles. The van der Waals surface area contributed by atoms with Crippen LogP contribution >= 0.6 is 11.6 Å². The van der Waals surface area contributed by atoms with Crippen molar-refractivity contribution >= 4 is 28.4 Å². The van der Waals surface area contributed by atoms with Crippen molar-refractivity contribution in [2.75, 3.05) is 6.54 Å². The largest absolute Gasteiger partial charge is 0.328 e. The van der Waals surface area contributed by atoms with E-state index in [0.29, 0.717) is 46.8 Å². The van der Waals surface area contributed by atoms with Crippen molar-refractivity contribution in [3.8, 4) is 0 Å². The molecule has 1 atom stereocenters. The van der Waals surface area contributed by atoms with Crippen LogP contribution in [0.1, 0.15) is 62.3 Å². The molecule has 1 amide bonds. The van der Waals surface area contributed by atoms with Gasteiger partial charge in [-0.1, -0.05) is 56.6 Å². The normalized spacial score (nSPS) is 12.1. The van der Waals surface area contributed by atoms with Gasteiger partial charge in [-0.15, -0.1) is 0 Å². The van der Waals surface area contributed by atoms with Gasteiger partial charge in [-0.2, -0.15) is 0 Å². The van der Waals surface area contributed by atoms with Crippen molar-refractivity contribution in [1.29, 1.82) is 0 Å². The van der Waals surface area contributed by atoms with E-state index in [0.717, 1.165) is 12.8 Å². The molecule has 30 heavy (non-hydrogen) atoms. The average Bonchev–Trinajstić information content (AvgIpc) is 2.76. The van der Waals surface area contributed by atoms with E-state index >= 15 is 0 Å². The van der Waals surface area contributed by atoms with Gasteiger partial charge in [-0.3, -0.25) is 14.2 Å². The summed E-state index contributed by atoms with van der Waals surface area (Å²) >= 11 is 6.32. The number of benzene rings is 2. The third-order valence-corrected chi connectivity index (χ3v) is 5.56. The number of fused-ring (bicyclic) bond motifs is 1. The minimum absolute atomic E-state index is 0.0578. The van der Waals surface area contributed by atoms with Crippen LogP contribution in [0.5, 0.6) is 0 Å². The molecule has 1 heterocycles. The quantitative estimate of drug-likeness (QED) is 0.481. The van der Waals surface area contributed by atoms with Gasteiger partial charge in [0.2, 0.25) is 0 Å². The van der Waals surface area contributed by atoms with Crippen molar-refractivity contribution in [1.82, 2.24) is 14.5 Å². The summed E-state index contributed by atoms with van der Waals surface area (Å²) in [6.07, 6.45) is 2.23. The predicted octanol–water partition coefficient (Wildman–Crippen LogP) is 5.46. The topological polar surface area (TPSA) is 55.2 Å². The number of halogens is 1. The highest BCUT2D eigenvalue weighted by molar-refractivity contribution is 6.33. The summed E-state index contributed by atoms with van der Waals surface area (Å²) in [5.41, 5.74) is 1.07. The third kappa shape index (κ3) is 4.26. The van der Waals surface area contributed by atoms with Crippen molar-refractivity contribution < 1.29 is 4.79 Å². The van der Waals surface area contributed by atoms with E-state index in [4.69, 9.17) is 16.6 Å². The van der Waals surface area contributed by atoms with Crippen LogP contribution in [0, 0.1) is 0 Å². The van der Waals surface area contributed by atoms with Crippen LogP contribution in [0.4, 0.5) is 0 Å². The molecule has 0 saturated heterocycles. The number of aromatic nitrogens is 2. The van der Waals surface area contributed by atoms with Crippen LogP contribution in [-0.2, 0) is 6.54 Å². The zero-order valence-corrected chi connectivity index (χ0v) is 18.5. The van der Waals surface area contributed by atoms with E-state index in [2.05, 4.69) is 0 Å². The second-order valence-electron chi connectivity index (χ2n) is 7.35. The summed E-state index contributed by atoms with van der Waals surface area (Å²) in [4.78, 5) is 33.4. The molecule has 1 unspecified atom stereocenters.